The molecule has 0 radical (unpaired) electrons. The number of aliphatic hydroxyl groups excluding tert-OH is 1. The minimum Gasteiger partial charge on any atom is -0.396 e. The van der Waals surface area contributed by atoms with Gasteiger partial charge in [0.05, 0.1) is 0 Å². The number of hydrogen-bond acceptors (Lipinski definition) is 3. The Kier molecular flexibility index (Phi) is 4.55. The Morgan fingerprint density at radius 1 is 1.64 bits per heavy atom. The Morgan fingerprint density at radius 3 is 3.00 bits per heavy atom. The molecule has 0 aromatic heterocycles. The average molecular weight is 199 g/mol. The Balaban J connectivity index is 2.53. The zero-order chi connectivity index (χ0) is 10.4. The minimum atomic E-state index is -0.0418. The van der Waals surface area contributed by atoms with Gasteiger partial charge in [-0.05, 0) is 25.8 Å². The van der Waals surface area contributed by atoms with Gasteiger partial charge in [-0.2, -0.15) is 0 Å². The first kappa shape index (κ1) is 11.7. The molecule has 2 N–H and O–H groups in total. The van der Waals surface area contributed by atoms with E-state index in [9.17, 15) is 9.90 Å². The molecule has 82 valence electrons. The molecule has 0 spiro atoms. The zero-order valence-corrected chi connectivity index (χ0v) is 8.96. The van der Waals surface area contributed by atoms with Crippen LogP contribution in [0.15, 0.2) is 0 Å². The summed E-state index contributed by atoms with van der Waals surface area (Å²) in [5.74, 6) is 0.162. The van der Waals surface area contributed by atoms with Crippen molar-refractivity contribution in [1.82, 2.24) is 5.32 Å². The molecule has 1 fully saturated rings. The van der Waals surface area contributed by atoms with Gasteiger partial charge < -0.3 is 15.2 Å². The molecule has 0 aromatic carbocycles. The van der Waals surface area contributed by atoms with E-state index in [1.54, 1.807) is 0 Å². The van der Waals surface area contributed by atoms with Crippen molar-refractivity contribution in [2.75, 3.05) is 19.7 Å². The lowest BCUT2D eigenvalue weighted by Gasteiger charge is -2.38. The van der Waals surface area contributed by atoms with E-state index in [1.807, 2.05) is 0 Å². The lowest BCUT2D eigenvalue weighted by Crippen LogP contribution is -2.41. The molecule has 0 aromatic rings. The largest absolute Gasteiger partial charge is 0.396 e. The third kappa shape index (κ3) is 2.79. The first-order chi connectivity index (χ1) is 6.76. The van der Waals surface area contributed by atoms with Gasteiger partial charge in [-0.3, -0.25) is 0 Å². The fraction of sp³-hybridized carbons (Fsp3) is 0.909. The van der Waals surface area contributed by atoms with Gasteiger partial charge in [0.2, 0.25) is 0 Å². The van der Waals surface area contributed by atoms with Crippen molar-refractivity contribution < 1.29 is 9.90 Å². The quantitative estimate of drug-likeness (QED) is 0.648. The van der Waals surface area contributed by atoms with E-state index in [0.717, 1.165) is 45.1 Å². The number of nitrogens with one attached hydrogen (secondary N) is 1. The number of rotatable bonds is 5. The second kappa shape index (κ2) is 5.47. The Morgan fingerprint density at radius 2 is 2.43 bits per heavy atom. The summed E-state index contributed by atoms with van der Waals surface area (Å²) in [6, 6.07) is 0. The molecule has 2 atom stereocenters. The maximum absolute atomic E-state index is 10.7. The SMILES string of the molecule is CCNC[C@]1(CO)CCCC(C=O)C1. The highest BCUT2D eigenvalue weighted by Gasteiger charge is 2.35. The summed E-state index contributed by atoms with van der Waals surface area (Å²) in [5, 5.41) is 12.7. The first-order valence-corrected chi connectivity index (χ1v) is 5.53. The second-order valence-corrected chi connectivity index (χ2v) is 4.43. The summed E-state index contributed by atoms with van der Waals surface area (Å²) in [5.41, 5.74) is -0.0418. The van der Waals surface area contributed by atoms with Crippen LogP contribution in [0.3, 0.4) is 0 Å². The molecule has 0 amide bonds. The predicted octanol–water partition coefficient (Wildman–Crippen LogP) is 0.964. The van der Waals surface area contributed by atoms with Crippen LogP contribution in [0.2, 0.25) is 0 Å². The molecule has 1 rings (SSSR count). The molecular weight excluding hydrogens is 178 g/mol. The summed E-state index contributed by atoms with van der Waals surface area (Å²) >= 11 is 0. The van der Waals surface area contributed by atoms with Crippen molar-refractivity contribution in [3.63, 3.8) is 0 Å². The van der Waals surface area contributed by atoms with Crippen LogP contribution in [-0.4, -0.2) is 31.1 Å². The van der Waals surface area contributed by atoms with Gasteiger partial charge in [0.25, 0.3) is 0 Å². The van der Waals surface area contributed by atoms with Gasteiger partial charge in [0, 0.05) is 24.5 Å². The van der Waals surface area contributed by atoms with Crippen molar-refractivity contribution in [3.05, 3.63) is 0 Å². The van der Waals surface area contributed by atoms with Crippen molar-refractivity contribution >= 4 is 6.29 Å². The van der Waals surface area contributed by atoms with Gasteiger partial charge in [-0.25, -0.2) is 0 Å². The fourth-order valence-corrected chi connectivity index (χ4v) is 2.37. The topological polar surface area (TPSA) is 49.3 Å². The molecule has 1 saturated carbocycles. The molecular formula is C11H21NO2. The van der Waals surface area contributed by atoms with E-state index >= 15 is 0 Å². The van der Waals surface area contributed by atoms with Gasteiger partial charge in [-0.15, -0.1) is 0 Å². The van der Waals surface area contributed by atoms with E-state index in [1.165, 1.54) is 0 Å². The molecule has 0 saturated heterocycles. The van der Waals surface area contributed by atoms with Crippen LogP contribution in [0.1, 0.15) is 32.6 Å². The molecule has 1 unspecified atom stereocenters. The zero-order valence-electron chi connectivity index (χ0n) is 8.96. The maximum Gasteiger partial charge on any atom is 0.123 e. The molecule has 1 aliphatic carbocycles. The Bertz CT molecular complexity index is 184. The third-order valence-electron chi connectivity index (χ3n) is 3.26. The highest BCUT2D eigenvalue weighted by Crippen LogP contribution is 2.37. The number of carbonyl (C=O) groups excluding carboxylic acids is 1. The highest BCUT2D eigenvalue weighted by atomic mass is 16.3. The molecule has 1 aliphatic rings. The lowest BCUT2D eigenvalue weighted by molar-refractivity contribution is -0.113. The van der Waals surface area contributed by atoms with Gasteiger partial charge in [0.1, 0.15) is 6.29 Å². The Labute approximate surface area is 85.9 Å². The van der Waals surface area contributed by atoms with Crippen LogP contribution >= 0.6 is 0 Å². The fourth-order valence-electron chi connectivity index (χ4n) is 2.37. The van der Waals surface area contributed by atoms with Gasteiger partial charge in [0.15, 0.2) is 0 Å². The standard InChI is InChI=1S/C11H21NO2/c1-2-12-8-11(9-14)5-3-4-10(6-11)7-13/h7,10,12,14H,2-6,8-9H2,1H3/t10?,11-/m0/s1. The molecule has 0 aliphatic heterocycles. The molecule has 3 heteroatoms. The maximum atomic E-state index is 10.7. The van der Waals surface area contributed by atoms with Crippen molar-refractivity contribution in [1.29, 1.82) is 0 Å². The van der Waals surface area contributed by atoms with Crippen molar-refractivity contribution in [2.24, 2.45) is 11.3 Å². The first-order valence-electron chi connectivity index (χ1n) is 5.53. The van der Waals surface area contributed by atoms with Crippen LogP contribution in [-0.2, 0) is 4.79 Å². The van der Waals surface area contributed by atoms with Crippen LogP contribution in [0.25, 0.3) is 0 Å². The lowest BCUT2D eigenvalue weighted by atomic mass is 9.70. The van der Waals surface area contributed by atoms with Crippen molar-refractivity contribution in [2.45, 2.75) is 32.6 Å². The summed E-state index contributed by atoms with van der Waals surface area (Å²) in [6.07, 6.45) is 5.00. The third-order valence-corrected chi connectivity index (χ3v) is 3.26. The van der Waals surface area contributed by atoms with Gasteiger partial charge >= 0.3 is 0 Å². The van der Waals surface area contributed by atoms with E-state index < -0.39 is 0 Å². The summed E-state index contributed by atoms with van der Waals surface area (Å²) in [4.78, 5) is 10.7. The molecule has 0 bridgehead atoms. The van der Waals surface area contributed by atoms with Crippen LogP contribution in [0, 0.1) is 11.3 Å². The number of aldehydes is 1. The number of carbonyl (C=O) groups is 1. The number of aliphatic hydroxyl groups is 1. The highest BCUT2D eigenvalue weighted by molar-refractivity contribution is 5.53. The number of hydrogen-bond donors (Lipinski definition) is 2. The Hall–Kier alpha value is -0.410. The van der Waals surface area contributed by atoms with Crippen LogP contribution in [0.5, 0.6) is 0 Å². The van der Waals surface area contributed by atoms with E-state index in [2.05, 4.69) is 12.2 Å². The summed E-state index contributed by atoms with van der Waals surface area (Å²) in [7, 11) is 0. The monoisotopic (exact) mass is 199 g/mol. The normalized spacial score (nSPS) is 32.9. The van der Waals surface area contributed by atoms with Gasteiger partial charge in [-0.1, -0.05) is 13.3 Å². The summed E-state index contributed by atoms with van der Waals surface area (Å²) in [6.45, 7) is 4.02. The smallest absolute Gasteiger partial charge is 0.123 e. The van der Waals surface area contributed by atoms with Crippen LogP contribution < -0.4 is 5.32 Å². The van der Waals surface area contributed by atoms with E-state index in [-0.39, 0.29) is 17.9 Å². The minimum absolute atomic E-state index is 0.0418. The van der Waals surface area contributed by atoms with Crippen molar-refractivity contribution in [3.8, 4) is 0 Å². The average Bonchev–Trinajstić information content (AvgIpc) is 2.26. The second-order valence-electron chi connectivity index (χ2n) is 4.43. The molecule has 14 heavy (non-hydrogen) atoms. The summed E-state index contributed by atoms with van der Waals surface area (Å²) < 4.78 is 0. The van der Waals surface area contributed by atoms with E-state index in [4.69, 9.17) is 0 Å². The van der Waals surface area contributed by atoms with E-state index in [0.29, 0.717) is 0 Å². The molecule has 0 heterocycles. The molecule has 3 nitrogen and oxygen atoms in total. The van der Waals surface area contributed by atoms with Crippen LogP contribution in [0.4, 0.5) is 0 Å². The predicted molar refractivity (Wildman–Crippen MR) is 56.1 cm³/mol.